The van der Waals surface area contributed by atoms with E-state index in [4.69, 9.17) is 0 Å². The van der Waals surface area contributed by atoms with Crippen molar-refractivity contribution in [2.45, 2.75) is 61.9 Å². The van der Waals surface area contributed by atoms with Gasteiger partial charge in [-0.05, 0) is 0 Å². The molecule has 0 heterocycles. The van der Waals surface area contributed by atoms with E-state index in [1.54, 1.807) is 33.4 Å². The summed E-state index contributed by atoms with van der Waals surface area (Å²) in [6, 6.07) is 9.38. The van der Waals surface area contributed by atoms with E-state index in [1.807, 2.05) is 0 Å². The largest absolute Gasteiger partial charge is 0.147 e. The van der Waals surface area contributed by atoms with Crippen molar-refractivity contribution in [1.29, 1.82) is 0 Å². The summed E-state index contributed by atoms with van der Waals surface area (Å²) < 4.78 is 1.53. The molecule has 0 bridgehead atoms. The Hall–Kier alpha value is -0.400. The number of hydrogen-bond acceptors (Lipinski definition) is 0. The molecule has 0 nitrogen and oxygen atoms in total. The molecule has 0 saturated carbocycles. The van der Waals surface area contributed by atoms with Gasteiger partial charge in [-0.25, -0.2) is 0 Å². The minimum absolute atomic E-state index is 0. The number of allylic oxidation sites excluding steroid dienone is 2. The summed E-state index contributed by atoms with van der Waals surface area (Å²) in [7, 11) is 0. The van der Waals surface area contributed by atoms with Crippen molar-refractivity contribution >= 4 is 42.9 Å². The van der Waals surface area contributed by atoms with Crippen LogP contribution < -0.4 is 0 Å². The first-order chi connectivity index (χ1) is 13.2. The van der Waals surface area contributed by atoms with Gasteiger partial charge in [0.05, 0.1) is 0 Å². The Morgan fingerprint density at radius 2 is 0.933 bits per heavy atom. The molecule has 0 aliphatic heterocycles. The number of halogens is 2. The maximum absolute atomic E-state index is 2.65. The van der Waals surface area contributed by atoms with Crippen LogP contribution in [0.15, 0.2) is 35.4 Å². The summed E-state index contributed by atoms with van der Waals surface area (Å²) in [5.74, 6) is -0.744. The van der Waals surface area contributed by atoms with Gasteiger partial charge in [0.1, 0.15) is 0 Å². The van der Waals surface area contributed by atoms with Crippen LogP contribution >= 0.6 is 24.8 Å². The summed E-state index contributed by atoms with van der Waals surface area (Å²) in [6.45, 7) is 19.5. The Labute approximate surface area is 204 Å². The van der Waals surface area contributed by atoms with Crippen molar-refractivity contribution in [2.75, 3.05) is 0 Å². The van der Waals surface area contributed by atoms with E-state index in [-0.39, 0.29) is 24.8 Å². The second-order valence-corrected chi connectivity index (χ2v) is 29.4. The van der Waals surface area contributed by atoms with E-state index >= 15 is 0 Å². The van der Waals surface area contributed by atoms with Gasteiger partial charge in [0.25, 0.3) is 0 Å². The smallest absolute Gasteiger partial charge is 0.147 e. The van der Waals surface area contributed by atoms with Gasteiger partial charge in [-0.2, -0.15) is 0 Å². The third kappa shape index (κ3) is 4.03. The van der Waals surface area contributed by atoms with Gasteiger partial charge in [-0.1, -0.05) is 0 Å². The fourth-order valence-corrected chi connectivity index (χ4v) is 29.2. The summed E-state index contributed by atoms with van der Waals surface area (Å²) in [6.07, 6.45) is 5.08. The molecule has 30 heavy (non-hydrogen) atoms. The van der Waals surface area contributed by atoms with Crippen molar-refractivity contribution in [2.24, 2.45) is 0 Å². The Kier molecular flexibility index (Phi) is 8.29. The van der Waals surface area contributed by atoms with E-state index in [0.29, 0.717) is 0 Å². The molecular weight excluding hydrogens is 503 g/mol. The van der Waals surface area contributed by atoms with E-state index < -0.39 is 26.8 Å². The molecule has 4 rings (SSSR count). The summed E-state index contributed by atoms with van der Waals surface area (Å²) in [4.78, 5) is 0. The van der Waals surface area contributed by atoms with Crippen molar-refractivity contribution in [1.82, 2.24) is 0 Å². The predicted octanol–water partition coefficient (Wildman–Crippen LogP) is 7.98. The maximum Gasteiger partial charge on any atom is -0.147 e. The number of aryl methyl sites for hydroxylation is 4. The SMILES string of the molecule is CC1=Cc2c(C)ccc(C)c2[CH]1[Zr]([CH]1C(C)=Cc2c(C)ccc(C)c21)[SiH](C)C.Cl.Cl. The van der Waals surface area contributed by atoms with Gasteiger partial charge >= 0.3 is 181 Å². The quantitative estimate of drug-likeness (QED) is 0.348. The maximum atomic E-state index is 2.65. The monoisotopic (exact) mass is 535 g/mol. The Balaban J connectivity index is 0.00000160. The fourth-order valence-electron chi connectivity index (χ4n) is 5.63. The first-order valence-corrected chi connectivity index (χ1v) is 20.6. The van der Waals surface area contributed by atoms with E-state index in [2.05, 4.69) is 91.1 Å². The van der Waals surface area contributed by atoms with Crippen LogP contribution in [0.2, 0.25) is 13.1 Å². The van der Waals surface area contributed by atoms with Crippen molar-refractivity contribution in [3.8, 4) is 0 Å². The van der Waals surface area contributed by atoms with E-state index in [1.165, 1.54) is 22.3 Å². The molecule has 4 heteroatoms. The number of rotatable bonds is 3. The van der Waals surface area contributed by atoms with Crippen molar-refractivity contribution in [3.05, 3.63) is 79.9 Å². The Bertz CT molecular complexity index is 956. The molecule has 2 atom stereocenters. The van der Waals surface area contributed by atoms with Crippen LogP contribution in [0.5, 0.6) is 0 Å². The Morgan fingerprint density at radius 1 is 0.600 bits per heavy atom. The topological polar surface area (TPSA) is 0 Å². The predicted molar refractivity (Wildman–Crippen MR) is 138 cm³/mol. The van der Waals surface area contributed by atoms with Crippen molar-refractivity contribution < 1.29 is 20.9 Å². The average Bonchev–Trinajstić information content (AvgIpc) is 3.15. The average molecular weight is 538 g/mol. The second-order valence-electron chi connectivity index (χ2n) is 9.35. The molecule has 0 aromatic heterocycles. The van der Waals surface area contributed by atoms with Crippen LogP contribution in [0.4, 0.5) is 0 Å². The minimum atomic E-state index is -1.85. The minimum Gasteiger partial charge on any atom is -0.147 e. The molecule has 2 aromatic carbocycles. The zero-order valence-electron chi connectivity index (χ0n) is 19.5. The molecule has 0 radical (unpaired) electrons. The first-order valence-electron chi connectivity index (χ1n) is 10.7. The molecule has 2 aromatic rings. The van der Waals surface area contributed by atoms with Crippen LogP contribution in [0, 0.1) is 27.7 Å². The van der Waals surface area contributed by atoms with Crippen molar-refractivity contribution in [3.63, 3.8) is 0 Å². The number of benzene rings is 2. The molecule has 161 valence electrons. The molecule has 0 saturated heterocycles. The van der Waals surface area contributed by atoms with Crippen LogP contribution in [0.1, 0.15) is 65.6 Å². The molecular formula is C26H35Cl2SiZr. The van der Waals surface area contributed by atoms with Crippen LogP contribution in [-0.2, 0) is 20.9 Å². The van der Waals surface area contributed by atoms with Gasteiger partial charge in [0, 0.05) is 0 Å². The standard InChI is InChI=1S/2C12H13.C2H7Si.2ClH.Zr/c2*1-8-6-11-9(2)4-5-10(3)12(11)7-8;1-3-2;;;/h2*4-7H,1-3H3;3H,1-2H3;2*1H;. The van der Waals surface area contributed by atoms with Gasteiger partial charge in [0.15, 0.2) is 0 Å². The zero-order valence-corrected chi connectivity index (χ0v) is 24.8. The molecule has 2 aliphatic rings. The second kappa shape index (κ2) is 9.62. The van der Waals surface area contributed by atoms with Crippen LogP contribution in [-0.4, -0.2) is 5.92 Å². The van der Waals surface area contributed by atoms with Gasteiger partial charge in [0.2, 0.25) is 0 Å². The number of hydrogen-bond donors (Lipinski definition) is 0. The third-order valence-corrected chi connectivity index (χ3v) is 29.1. The Morgan fingerprint density at radius 3 is 1.27 bits per heavy atom. The summed E-state index contributed by atoms with van der Waals surface area (Å²) in [5, 5.41) is 0. The third-order valence-electron chi connectivity index (χ3n) is 7.01. The van der Waals surface area contributed by atoms with Crippen LogP contribution in [0.25, 0.3) is 12.2 Å². The number of fused-ring (bicyclic) bond motifs is 2. The van der Waals surface area contributed by atoms with Gasteiger partial charge in [-0.15, -0.1) is 24.8 Å². The molecule has 0 fully saturated rings. The molecule has 0 N–H and O–H groups in total. The zero-order chi connectivity index (χ0) is 20.3. The first kappa shape index (κ1) is 25.9. The van der Waals surface area contributed by atoms with Gasteiger partial charge < -0.3 is 0 Å². The van der Waals surface area contributed by atoms with Gasteiger partial charge in [-0.3, -0.25) is 0 Å². The van der Waals surface area contributed by atoms with Crippen LogP contribution in [0.3, 0.4) is 0 Å². The van der Waals surface area contributed by atoms with E-state index in [9.17, 15) is 0 Å². The molecule has 2 aliphatic carbocycles. The normalized spacial score (nSPS) is 18.8. The summed E-state index contributed by atoms with van der Waals surface area (Å²) in [5.41, 5.74) is 15.8. The van der Waals surface area contributed by atoms with E-state index in [0.717, 1.165) is 7.25 Å². The molecule has 0 amide bonds. The summed E-state index contributed by atoms with van der Waals surface area (Å²) >= 11 is -1.85. The molecule has 2 unspecified atom stereocenters. The fraction of sp³-hybridized carbons (Fsp3) is 0.385. The molecule has 0 spiro atoms.